The van der Waals surface area contributed by atoms with Crippen LogP contribution in [-0.4, -0.2) is 26.8 Å². The third-order valence-corrected chi connectivity index (χ3v) is 4.64. The van der Waals surface area contributed by atoms with Crippen LogP contribution < -0.4 is 10.1 Å². The summed E-state index contributed by atoms with van der Waals surface area (Å²) in [5, 5.41) is 4.60. The van der Waals surface area contributed by atoms with Crippen LogP contribution in [0.5, 0.6) is 5.75 Å². The van der Waals surface area contributed by atoms with E-state index in [9.17, 15) is 8.42 Å². The van der Waals surface area contributed by atoms with Gasteiger partial charge in [0.05, 0.1) is 12.4 Å². The van der Waals surface area contributed by atoms with Gasteiger partial charge in [-0.05, 0) is 31.0 Å². The van der Waals surface area contributed by atoms with Gasteiger partial charge in [-0.3, -0.25) is 0 Å². The molecule has 0 aliphatic carbocycles. The standard InChI is InChI=1S/C15H21NO3S/c1-3-9-19-15-6-4-13(5-7-15)12(2)16-14-8-10-20(17,18)11-14/h4-8,10,12,14,16H,3,9,11H2,1-2H3. The molecule has 1 N–H and O–H groups in total. The van der Waals surface area contributed by atoms with Crippen molar-refractivity contribution in [1.29, 1.82) is 0 Å². The molecule has 1 aromatic rings. The average Bonchev–Trinajstić information content (AvgIpc) is 2.76. The fraction of sp³-hybridized carbons (Fsp3) is 0.467. The van der Waals surface area contributed by atoms with Crippen LogP contribution >= 0.6 is 0 Å². The summed E-state index contributed by atoms with van der Waals surface area (Å²) < 4.78 is 28.3. The first kappa shape index (κ1) is 15.1. The molecule has 0 bridgehead atoms. The van der Waals surface area contributed by atoms with Crippen molar-refractivity contribution in [3.63, 3.8) is 0 Å². The summed E-state index contributed by atoms with van der Waals surface area (Å²) in [6.07, 6.45) is 2.70. The van der Waals surface area contributed by atoms with Gasteiger partial charge >= 0.3 is 0 Å². The predicted molar refractivity (Wildman–Crippen MR) is 80.5 cm³/mol. The summed E-state index contributed by atoms with van der Waals surface area (Å²) in [7, 11) is -3.00. The van der Waals surface area contributed by atoms with E-state index in [2.05, 4.69) is 12.2 Å². The number of rotatable bonds is 6. The summed E-state index contributed by atoms with van der Waals surface area (Å²) in [6.45, 7) is 4.82. The molecule has 5 heteroatoms. The van der Waals surface area contributed by atoms with Crippen LogP contribution in [0.25, 0.3) is 0 Å². The minimum Gasteiger partial charge on any atom is -0.494 e. The molecule has 1 aliphatic heterocycles. The smallest absolute Gasteiger partial charge is 0.173 e. The molecule has 1 heterocycles. The summed E-state index contributed by atoms with van der Waals surface area (Å²) in [5.74, 6) is 1.01. The Bertz CT molecular complexity index is 563. The second-order valence-corrected chi connectivity index (χ2v) is 7.00. The minimum absolute atomic E-state index is 0.0955. The maximum atomic E-state index is 11.4. The first-order chi connectivity index (χ1) is 9.50. The Kier molecular flexibility index (Phi) is 4.83. The van der Waals surface area contributed by atoms with E-state index in [-0.39, 0.29) is 17.8 Å². The highest BCUT2D eigenvalue weighted by molar-refractivity contribution is 7.94. The van der Waals surface area contributed by atoms with Gasteiger partial charge in [-0.1, -0.05) is 25.1 Å². The van der Waals surface area contributed by atoms with Crippen LogP contribution in [0.3, 0.4) is 0 Å². The van der Waals surface area contributed by atoms with Crippen molar-refractivity contribution < 1.29 is 13.2 Å². The van der Waals surface area contributed by atoms with Gasteiger partial charge in [0.25, 0.3) is 0 Å². The Morgan fingerprint density at radius 2 is 2.05 bits per heavy atom. The molecule has 1 aromatic carbocycles. The Morgan fingerprint density at radius 3 is 2.60 bits per heavy atom. The minimum atomic E-state index is -3.00. The van der Waals surface area contributed by atoms with Crippen molar-refractivity contribution in [2.24, 2.45) is 0 Å². The van der Waals surface area contributed by atoms with Crippen LogP contribution in [0.2, 0.25) is 0 Å². The van der Waals surface area contributed by atoms with Crippen LogP contribution in [0, 0.1) is 0 Å². The molecule has 0 fully saturated rings. The Morgan fingerprint density at radius 1 is 1.35 bits per heavy atom. The van der Waals surface area contributed by atoms with E-state index < -0.39 is 9.84 Å². The van der Waals surface area contributed by atoms with Gasteiger partial charge in [0.1, 0.15) is 5.75 Å². The Balaban J connectivity index is 1.92. The van der Waals surface area contributed by atoms with Crippen LogP contribution in [-0.2, 0) is 9.84 Å². The van der Waals surface area contributed by atoms with Crippen molar-refractivity contribution in [1.82, 2.24) is 5.32 Å². The number of benzene rings is 1. The molecule has 2 atom stereocenters. The molecule has 0 saturated heterocycles. The molecule has 0 aromatic heterocycles. The highest BCUT2D eigenvalue weighted by Gasteiger charge is 2.22. The monoisotopic (exact) mass is 295 g/mol. The number of sulfone groups is 1. The number of hydrogen-bond donors (Lipinski definition) is 1. The maximum absolute atomic E-state index is 11.4. The Labute approximate surface area is 120 Å². The number of nitrogens with one attached hydrogen (secondary N) is 1. The predicted octanol–water partition coefficient (Wildman–Crippen LogP) is 2.44. The fourth-order valence-electron chi connectivity index (χ4n) is 2.17. The number of ether oxygens (including phenoxy) is 1. The van der Waals surface area contributed by atoms with E-state index in [4.69, 9.17) is 4.74 Å². The van der Waals surface area contributed by atoms with Gasteiger partial charge in [-0.15, -0.1) is 0 Å². The van der Waals surface area contributed by atoms with E-state index in [1.165, 1.54) is 5.41 Å². The van der Waals surface area contributed by atoms with Crippen LogP contribution in [0.1, 0.15) is 31.9 Å². The lowest BCUT2D eigenvalue weighted by Crippen LogP contribution is -2.32. The maximum Gasteiger partial charge on any atom is 0.173 e. The molecule has 2 unspecified atom stereocenters. The summed E-state index contributed by atoms with van der Waals surface area (Å²) in [5.41, 5.74) is 1.12. The quantitative estimate of drug-likeness (QED) is 0.876. The lowest BCUT2D eigenvalue weighted by molar-refractivity contribution is 0.317. The molecular formula is C15H21NO3S. The van der Waals surface area contributed by atoms with Gasteiger partial charge < -0.3 is 10.1 Å². The van der Waals surface area contributed by atoms with Crippen molar-refractivity contribution in [2.45, 2.75) is 32.4 Å². The molecule has 0 spiro atoms. The van der Waals surface area contributed by atoms with Crippen molar-refractivity contribution >= 4 is 9.84 Å². The molecule has 0 amide bonds. The highest BCUT2D eigenvalue weighted by atomic mass is 32.2. The lowest BCUT2D eigenvalue weighted by atomic mass is 10.1. The van der Waals surface area contributed by atoms with Gasteiger partial charge in [-0.2, -0.15) is 0 Å². The van der Waals surface area contributed by atoms with Crippen molar-refractivity contribution in [3.05, 3.63) is 41.3 Å². The van der Waals surface area contributed by atoms with Gasteiger partial charge in [-0.25, -0.2) is 8.42 Å². The van der Waals surface area contributed by atoms with Crippen molar-refractivity contribution in [3.8, 4) is 5.75 Å². The second kappa shape index (κ2) is 6.41. The van der Waals surface area contributed by atoms with Crippen LogP contribution in [0.4, 0.5) is 0 Å². The molecule has 0 radical (unpaired) electrons. The normalized spacial score (nSPS) is 21.8. The second-order valence-electron chi connectivity index (χ2n) is 5.07. The first-order valence-corrected chi connectivity index (χ1v) is 8.61. The fourth-order valence-corrected chi connectivity index (χ4v) is 3.42. The average molecular weight is 295 g/mol. The van der Waals surface area contributed by atoms with Crippen LogP contribution in [0.15, 0.2) is 35.7 Å². The zero-order valence-corrected chi connectivity index (χ0v) is 12.7. The Hall–Kier alpha value is -1.33. The topological polar surface area (TPSA) is 55.4 Å². The van der Waals surface area contributed by atoms with E-state index in [1.54, 1.807) is 6.08 Å². The molecule has 20 heavy (non-hydrogen) atoms. The third kappa shape index (κ3) is 4.08. The zero-order valence-electron chi connectivity index (χ0n) is 11.9. The molecule has 0 saturated carbocycles. The van der Waals surface area contributed by atoms with Gasteiger partial charge in [0.15, 0.2) is 9.84 Å². The summed E-state index contributed by atoms with van der Waals surface area (Å²) in [6, 6.07) is 7.91. The molecule has 2 rings (SSSR count). The largest absolute Gasteiger partial charge is 0.494 e. The lowest BCUT2D eigenvalue weighted by Gasteiger charge is -2.18. The first-order valence-electron chi connectivity index (χ1n) is 6.90. The van der Waals surface area contributed by atoms with E-state index in [1.807, 2.05) is 31.2 Å². The highest BCUT2D eigenvalue weighted by Crippen LogP contribution is 2.19. The number of hydrogen-bond acceptors (Lipinski definition) is 4. The van der Waals surface area contributed by atoms with Gasteiger partial charge in [0.2, 0.25) is 0 Å². The zero-order chi connectivity index (χ0) is 14.6. The summed E-state index contributed by atoms with van der Waals surface area (Å²) in [4.78, 5) is 0. The molecule has 110 valence electrons. The SMILES string of the molecule is CCCOc1ccc(C(C)NC2C=CS(=O)(=O)C2)cc1. The summed E-state index contributed by atoms with van der Waals surface area (Å²) >= 11 is 0. The van der Waals surface area contributed by atoms with E-state index in [0.717, 1.165) is 24.3 Å². The van der Waals surface area contributed by atoms with E-state index in [0.29, 0.717) is 0 Å². The van der Waals surface area contributed by atoms with E-state index >= 15 is 0 Å². The van der Waals surface area contributed by atoms with Gasteiger partial charge in [0, 0.05) is 17.5 Å². The van der Waals surface area contributed by atoms with Crippen molar-refractivity contribution in [2.75, 3.05) is 12.4 Å². The molecule has 1 aliphatic rings. The third-order valence-electron chi connectivity index (χ3n) is 3.25. The molecule has 4 nitrogen and oxygen atoms in total. The molecular weight excluding hydrogens is 274 g/mol.